The van der Waals surface area contributed by atoms with Crippen molar-refractivity contribution in [3.8, 4) is 0 Å². The van der Waals surface area contributed by atoms with E-state index in [4.69, 9.17) is 28.3 Å². The van der Waals surface area contributed by atoms with Crippen LogP contribution >= 0.6 is 23.2 Å². The highest BCUT2D eigenvalue weighted by atomic mass is 35.5. The van der Waals surface area contributed by atoms with Crippen LogP contribution in [0.25, 0.3) is 0 Å². The van der Waals surface area contributed by atoms with Crippen LogP contribution in [0.5, 0.6) is 0 Å². The summed E-state index contributed by atoms with van der Waals surface area (Å²) >= 11 is 11.6. The minimum Gasteiger partial charge on any atom is -0.480 e. The Kier molecular flexibility index (Phi) is 5.61. The van der Waals surface area contributed by atoms with Crippen LogP contribution in [0.2, 0.25) is 10.0 Å². The molecule has 0 aliphatic rings. The summed E-state index contributed by atoms with van der Waals surface area (Å²) in [5, 5.41) is 9.01. The molecule has 0 aromatic heterocycles. The number of sulfonamides is 1. The molecule has 1 aromatic carbocycles. The Bertz CT molecular complexity index is 574. The van der Waals surface area contributed by atoms with Gasteiger partial charge >= 0.3 is 5.97 Å². The number of carbonyl (C=O) groups is 1. The number of carboxylic acid groups (broad SMARTS) is 1. The molecule has 0 heterocycles. The van der Waals surface area contributed by atoms with Gasteiger partial charge in [0, 0.05) is 11.6 Å². The second-order valence-electron chi connectivity index (χ2n) is 3.81. The van der Waals surface area contributed by atoms with Crippen molar-refractivity contribution in [2.45, 2.75) is 18.2 Å². The van der Waals surface area contributed by atoms with E-state index in [2.05, 4.69) is 0 Å². The fourth-order valence-corrected chi connectivity index (χ4v) is 3.72. The van der Waals surface area contributed by atoms with Gasteiger partial charge in [-0.2, -0.15) is 4.31 Å². The number of rotatable bonds is 6. The molecule has 0 aliphatic heterocycles. The third-order valence-corrected chi connectivity index (χ3v) is 4.86. The summed E-state index contributed by atoms with van der Waals surface area (Å²) in [5.41, 5.74) is 0. The molecule has 0 amide bonds. The Morgan fingerprint density at radius 2 is 2.00 bits per heavy atom. The lowest BCUT2D eigenvalue weighted by Gasteiger charge is -2.20. The Balaban J connectivity index is 3.25. The number of nitrogens with zero attached hydrogens (tertiary/aromatic N) is 1. The molecule has 5 nitrogen and oxygen atoms in total. The van der Waals surface area contributed by atoms with Crippen molar-refractivity contribution in [1.82, 2.24) is 4.31 Å². The van der Waals surface area contributed by atoms with Crippen molar-refractivity contribution in [3.05, 3.63) is 28.2 Å². The van der Waals surface area contributed by atoms with Crippen molar-refractivity contribution >= 4 is 39.2 Å². The molecule has 0 atom stereocenters. The highest BCUT2D eigenvalue weighted by Crippen LogP contribution is 2.27. The van der Waals surface area contributed by atoms with Crippen molar-refractivity contribution in [3.63, 3.8) is 0 Å². The predicted molar refractivity (Wildman–Crippen MR) is 73.1 cm³/mol. The lowest BCUT2D eigenvalue weighted by Crippen LogP contribution is -2.36. The minimum atomic E-state index is -3.98. The molecule has 1 aromatic rings. The Hall–Kier alpha value is -0.820. The van der Waals surface area contributed by atoms with Gasteiger partial charge in [-0.1, -0.05) is 30.1 Å². The SMILES string of the molecule is CCCN(CC(=O)O)S(=O)(=O)c1cc(Cl)ccc1Cl. The molecular weight excluding hydrogens is 313 g/mol. The molecule has 1 N–H and O–H groups in total. The second-order valence-corrected chi connectivity index (χ2v) is 6.56. The zero-order valence-corrected chi connectivity index (χ0v) is 12.5. The largest absolute Gasteiger partial charge is 0.480 e. The van der Waals surface area contributed by atoms with Gasteiger partial charge in [-0.3, -0.25) is 4.79 Å². The summed E-state index contributed by atoms with van der Waals surface area (Å²) in [5.74, 6) is -1.23. The van der Waals surface area contributed by atoms with Crippen LogP contribution in [0.1, 0.15) is 13.3 Å². The van der Waals surface area contributed by atoms with Crippen LogP contribution in [-0.4, -0.2) is 36.9 Å². The zero-order chi connectivity index (χ0) is 14.6. The first-order valence-electron chi connectivity index (χ1n) is 5.46. The topological polar surface area (TPSA) is 74.7 Å². The van der Waals surface area contributed by atoms with E-state index in [0.29, 0.717) is 6.42 Å². The number of halogens is 2. The number of aliphatic carboxylic acids is 1. The van der Waals surface area contributed by atoms with Gasteiger partial charge in [0.2, 0.25) is 10.0 Å². The molecule has 0 fully saturated rings. The molecule has 0 spiro atoms. The molecule has 1 rings (SSSR count). The molecule has 0 saturated heterocycles. The van der Waals surface area contributed by atoms with E-state index in [1.165, 1.54) is 18.2 Å². The summed E-state index contributed by atoms with van der Waals surface area (Å²) in [6, 6.07) is 4.04. The lowest BCUT2D eigenvalue weighted by atomic mass is 10.4. The monoisotopic (exact) mass is 325 g/mol. The maximum atomic E-state index is 12.4. The quantitative estimate of drug-likeness (QED) is 0.871. The highest BCUT2D eigenvalue weighted by Gasteiger charge is 2.28. The number of hydrogen-bond donors (Lipinski definition) is 1. The Labute approximate surface area is 121 Å². The van der Waals surface area contributed by atoms with Crippen LogP contribution in [-0.2, 0) is 14.8 Å². The summed E-state index contributed by atoms with van der Waals surface area (Å²) in [6.07, 6.45) is 0.491. The van der Waals surface area contributed by atoms with Crippen LogP contribution < -0.4 is 0 Å². The zero-order valence-electron chi connectivity index (χ0n) is 10.1. The van der Waals surface area contributed by atoms with Gasteiger partial charge in [0.15, 0.2) is 0 Å². The molecule has 8 heteroatoms. The summed E-state index contributed by atoms with van der Waals surface area (Å²) in [7, 11) is -3.98. The van der Waals surface area contributed by atoms with Gasteiger partial charge in [0.1, 0.15) is 11.4 Å². The third-order valence-electron chi connectivity index (χ3n) is 2.30. The number of carboxylic acids is 1. The van der Waals surface area contributed by atoms with Gasteiger partial charge in [-0.05, 0) is 24.6 Å². The van der Waals surface area contributed by atoms with E-state index >= 15 is 0 Å². The highest BCUT2D eigenvalue weighted by molar-refractivity contribution is 7.89. The van der Waals surface area contributed by atoms with Gasteiger partial charge in [0.05, 0.1) is 5.02 Å². The molecule has 19 heavy (non-hydrogen) atoms. The van der Waals surface area contributed by atoms with Gasteiger partial charge < -0.3 is 5.11 Å². The smallest absolute Gasteiger partial charge is 0.318 e. The number of benzene rings is 1. The van der Waals surface area contributed by atoms with Crippen molar-refractivity contribution in [2.75, 3.05) is 13.1 Å². The first-order chi connectivity index (χ1) is 8.78. The lowest BCUT2D eigenvalue weighted by molar-refractivity contribution is -0.137. The van der Waals surface area contributed by atoms with Crippen molar-refractivity contribution in [2.24, 2.45) is 0 Å². The number of hydrogen-bond acceptors (Lipinski definition) is 3. The summed E-state index contributed by atoms with van der Waals surface area (Å²) < 4.78 is 25.6. The molecule has 0 saturated carbocycles. The summed E-state index contributed by atoms with van der Waals surface area (Å²) in [4.78, 5) is 10.6. The van der Waals surface area contributed by atoms with E-state index < -0.39 is 22.5 Å². The fourth-order valence-electron chi connectivity index (χ4n) is 1.50. The first-order valence-corrected chi connectivity index (χ1v) is 7.65. The molecule has 106 valence electrons. The van der Waals surface area contributed by atoms with Gasteiger partial charge in [0.25, 0.3) is 0 Å². The summed E-state index contributed by atoms with van der Waals surface area (Å²) in [6.45, 7) is 1.24. The maximum absolute atomic E-state index is 12.4. The molecular formula is C11H13Cl2NO4S. The van der Waals surface area contributed by atoms with Crippen LogP contribution in [0.15, 0.2) is 23.1 Å². The first kappa shape index (κ1) is 16.2. The van der Waals surface area contributed by atoms with E-state index in [-0.39, 0.29) is 21.5 Å². The second kappa shape index (κ2) is 6.56. The fraction of sp³-hybridized carbons (Fsp3) is 0.364. The normalized spacial score (nSPS) is 11.8. The average molecular weight is 326 g/mol. The third kappa shape index (κ3) is 4.07. The molecule has 0 bridgehead atoms. The van der Waals surface area contributed by atoms with Crippen LogP contribution in [0.3, 0.4) is 0 Å². The Morgan fingerprint density at radius 1 is 1.37 bits per heavy atom. The van der Waals surface area contributed by atoms with E-state index in [0.717, 1.165) is 4.31 Å². The van der Waals surface area contributed by atoms with E-state index in [1.54, 1.807) is 6.92 Å². The van der Waals surface area contributed by atoms with Gasteiger partial charge in [-0.25, -0.2) is 8.42 Å². The van der Waals surface area contributed by atoms with Crippen molar-refractivity contribution in [1.29, 1.82) is 0 Å². The minimum absolute atomic E-state index is 0.0101. The van der Waals surface area contributed by atoms with Gasteiger partial charge in [-0.15, -0.1) is 0 Å². The van der Waals surface area contributed by atoms with Crippen molar-refractivity contribution < 1.29 is 18.3 Å². The predicted octanol–water partition coefficient (Wildman–Crippen LogP) is 2.48. The van der Waals surface area contributed by atoms with E-state index in [1.807, 2.05) is 0 Å². The maximum Gasteiger partial charge on any atom is 0.318 e. The molecule has 0 radical (unpaired) electrons. The van der Waals surface area contributed by atoms with E-state index in [9.17, 15) is 13.2 Å². The standard InChI is InChI=1S/C11H13Cl2NO4S/c1-2-5-14(7-11(15)16)19(17,18)10-6-8(12)3-4-9(10)13/h3-4,6H,2,5,7H2,1H3,(H,15,16). The average Bonchev–Trinajstić information content (AvgIpc) is 2.31. The van der Waals surface area contributed by atoms with Crippen LogP contribution in [0.4, 0.5) is 0 Å². The Morgan fingerprint density at radius 3 is 2.53 bits per heavy atom. The molecule has 0 aliphatic carbocycles. The molecule has 0 unspecified atom stereocenters. The van der Waals surface area contributed by atoms with Crippen LogP contribution in [0, 0.1) is 0 Å².